The van der Waals surface area contributed by atoms with Crippen molar-refractivity contribution in [3.05, 3.63) is 59.8 Å². The van der Waals surface area contributed by atoms with E-state index in [1.54, 1.807) is 10.9 Å². The minimum absolute atomic E-state index is 0.257. The molecule has 0 spiro atoms. The third-order valence-electron chi connectivity index (χ3n) is 3.62. The first kappa shape index (κ1) is 15.2. The summed E-state index contributed by atoms with van der Waals surface area (Å²) in [5.41, 5.74) is 4.36. The molecule has 1 aromatic heterocycles. The summed E-state index contributed by atoms with van der Waals surface area (Å²) in [5.74, 6) is 0.257. The quantitative estimate of drug-likeness (QED) is 0.805. The van der Waals surface area contributed by atoms with Crippen LogP contribution in [0.3, 0.4) is 0 Å². The molecule has 0 amide bonds. The summed E-state index contributed by atoms with van der Waals surface area (Å²) >= 11 is 0. The SMILES string of the molecule is Cc1nn(-c2ccc(CN(C)C)c(O)c2)nc1-c1ccccc1. The van der Waals surface area contributed by atoms with E-state index < -0.39 is 0 Å². The smallest absolute Gasteiger partial charge is 0.122 e. The van der Waals surface area contributed by atoms with E-state index in [9.17, 15) is 5.11 Å². The molecular weight excluding hydrogens is 288 g/mol. The lowest BCUT2D eigenvalue weighted by atomic mass is 10.1. The van der Waals surface area contributed by atoms with Gasteiger partial charge in [0.05, 0.1) is 11.4 Å². The van der Waals surface area contributed by atoms with Crippen LogP contribution in [-0.2, 0) is 6.54 Å². The average molecular weight is 308 g/mol. The number of aromatic nitrogens is 3. The third kappa shape index (κ3) is 3.24. The van der Waals surface area contributed by atoms with Crippen LogP contribution in [0.25, 0.3) is 16.9 Å². The van der Waals surface area contributed by atoms with Crippen LogP contribution in [0.1, 0.15) is 11.3 Å². The lowest BCUT2D eigenvalue weighted by Gasteiger charge is -2.11. The van der Waals surface area contributed by atoms with Gasteiger partial charge < -0.3 is 10.0 Å². The van der Waals surface area contributed by atoms with E-state index in [1.807, 2.05) is 68.4 Å². The molecule has 3 aromatic rings. The highest BCUT2D eigenvalue weighted by Crippen LogP contribution is 2.24. The Labute approximate surface area is 135 Å². The number of aryl methyl sites for hydroxylation is 1. The van der Waals surface area contributed by atoms with Gasteiger partial charge in [0, 0.05) is 23.7 Å². The molecule has 23 heavy (non-hydrogen) atoms. The van der Waals surface area contributed by atoms with Gasteiger partial charge in [-0.3, -0.25) is 0 Å². The standard InChI is InChI=1S/C18H20N4O/c1-13-18(14-7-5-4-6-8-14)20-22(19-13)16-10-9-15(12-21(2)3)17(23)11-16/h4-11,23H,12H2,1-3H3. The van der Waals surface area contributed by atoms with Crippen LogP contribution in [0.4, 0.5) is 0 Å². The largest absolute Gasteiger partial charge is 0.508 e. The molecule has 0 fully saturated rings. The second kappa shape index (κ2) is 6.22. The lowest BCUT2D eigenvalue weighted by Crippen LogP contribution is -2.11. The van der Waals surface area contributed by atoms with Crippen molar-refractivity contribution < 1.29 is 5.11 Å². The molecule has 5 nitrogen and oxygen atoms in total. The molecule has 0 atom stereocenters. The third-order valence-corrected chi connectivity index (χ3v) is 3.62. The second-order valence-electron chi connectivity index (χ2n) is 5.84. The summed E-state index contributed by atoms with van der Waals surface area (Å²) in [7, 11) is 3.94. The van der Waals surface area contributed by atoms with Crippen molar-refractivity contribution >= 4 is 0 Å². The monoisotopic (exact) mass is 308 g/mol. The Bertz CT molecular complexity index is 809. The molecule has 0 aliphatic heterocycles. The number of rotatable bonds is 4. The number of nitrogens with zero attached hydrogens (tertiary/aromatic N) is 4. The van der Waals surface area contributed by atoms with Gasteiger partial charge in [-0.15, -0.1) is 5.10 Å². The molecule has 0 bridgehead atoms. The van der Waals surface area contributed by atoms with E-state index in [2.05, 4.69) is 10.2 Å². The lowest BCUT2D eigenvalue weighted by molar-refractivity contribution is 0.385. The first-order chi connectivity index (χ1) is 11.0. The van der Waals surface area contributed by atoms with Gasteiger partial charge >= 0.3 is 0 Å². The molecule has 3 rings (SSSR count). The van der Waals surface area contributed by atoms with Crippen LogP contribution < -0.4 is 0 Å². The van der Waals surface area contributed by atoms with Crippen molar-refractivity contribution in [3.63, 3.8) is 0 Å². The number of hydrogen-bond acceptors (Lipinski definition) is 4. The fourth-order valence-electron chi connectivity index (χ4n) is 2.51. The summed E-state index contributed by atoms with van der Waals surface area (Å²) in [6, 6.07) is 15.5. The van der Waals surface area contributed by atoms with Crippen molar-refractivity contribution in [3.8, 4) is 22.7 Å². The maximum absolute atomic E-state index is 10.2. The fourth-order valence-corrected chi connectivity index (χ4v) is 2.51. The van der Waals surface area contributed by atoms with Crippen molar-refractivity contribution in [1.29, 1.82) is 0 Å². The Kier molecular flexibility index (Phi) is 4.12. The zero-order chi connectivity index (χ0) is 16.4. The summed E-state index contributed by atoms with van der Waals surface area (Å²) in [5, 5.41) is 19.2. The summed E-state index contributed by atoms with van der Waals surface area (Å²) < 4.78 is 0. The van der Waals surface area contributed by atoms with E-state index in [0.717, 1.165) is 28.2 Å². The molecule has 0 aliphatic rings. The van der Waals surface area contributed by atoms with Gasteiger partial charge in [0.2, 0.25) is 0 Å². The van der Waals surface area contributed by atoms with Crippen molar-refractivity contribution in [2.24, 2.45) is 0 Å². The Balaban J connectivity index is 1.95. The van der Waals surface area contributed by atoms with Gasteiger partial charge in [0.15, 0.2) is 0 Å². The van der Waals surface area contributed by atoms with Crippen LogP contribution in [0, 0.1) is 6.92 Å². The summed E-state index contributed by atoms with van der Waals surface area (Å²) in [6.45, 7) is 2.62. The molecule has 0 saturated heterocycles. The van der Waals surface area contributed by atoms with Crippen molar-refractivity contribution in [1.82, 2.24) is 19.9 Å². The first-order valence-corrected chi connectivity index (χ1v) is 7.51. The van der Waals surface area contributed by atoms with Gasteiger partial charge in [-0.1, -0.05) is 36.4 Å². The normalized spacial score (nSPS) is 11.1. The average Bonchev–Trinajstić information content (AvgIpc) is 2.92. The minimum atomic E-state index is 0.257. The molecule has 0 saturated carbocycles. The number of phenolic OH excluding ortho intramolecular Hbond substituents is 1. The molecule has 5 heteroatoms. The minimum Gasteiger partial charge on any atom is -0.508 e. The number of phenols is 1. The molecular formula is C18H20N4O. The van der Waals surface area contributed by atoms with Crippen LogP contribution in [0.2, 0.25) is 0 Å². The highest BCUT2D eigenvalue weighted by atomic mass is 16.3. The van der Waals surface area contributed by atoms with Gasteiger partial charge in [-0.05, 0) is 27.1 Å². The van der Waals surface area contributed by atoms with E-state index >= 15 is 0 Å². The molecule has 0 radical (unpaired) electrons. The van der Waals surface area contributed by atoms with E-state index in [-0.39, 0.29) is 5.75 Å². The summed E-state index contributed by atoms with van der Waals surface area (Å²) in [4.78, 5) is 3.58. The highest BCUT2D eigenvalue weighted by Gasteiger charge is 2.12. The maximum Gasteiger partial charge on any atom is 0.122 e. The van der Waals surface area contributed by atoms with Crippen molar-refractivity contribution in [2.45, 2.75) is 13.5 Å². The van der Waals surface area contributed by atoms with Crippen LogP contribution in [-0.4, -0.2) is 39.1 Å². The van der Waals surface area contributed by atoms with E-state index in [4.69, 9.17) is 0 Å². The Morgan fingerprint density at radius 1 is 1.04 bits per heavy atom. The number of aromatic hydroxyl groups is 1. The molecule has 1 N–H and O–H groups in total. The fraction of sp³-hybridized carbons (Fsp3) is 0.222. The van der Waals surface area contributed by atoms with Crippen LogP contribution in [0.15, 0.2) is 48.5 Å². The first-order valence-electron chi connectivity index (χ1n) is 7.51. The zero-order valence-electron chi connectivity index (χ0n) is 13.6. The maximum atomic E-state index is 10.2. The predicted molar refractivity (Wildman–Crippen MR) is 90.6 cm³/mol. The molecule has 0 unspecified atom stereocenters. The van der Waals surface area contributed by atoms with Gasteiger partial charge in [-0.2, -0.15) is 9.90 Å². The molecule has 2 aromatic carbocycles. The van der Waals surface area contributed by atoms with Crippen LogP contribution in [0.5, 0.6) is 5.75 Å². The number of benzene rings is 2. The molecule has 1 heterocycles. The van der Waals surface area contributed by atoms with Gasteiger partial charge in [0.1, 0.15) is 11.4 Å². The van der Waals surface area contributed by atoms with Gasteiger partial charge in [0.25, 0.3) is 0 Å². The topological polar surface area (TPSA) is 54.2 Å². The Morgan fingerprint density at radius 2 is 1.78 bits per heavy atom. The molecule has 0 aliphatic carbocycles. The molecule has 118 valence electrons. The predicted octanol–water partition coefficient (Wildman–Crippen LogP) is 3.01. The highest BCUT2D eigenvalue weighted by molar-refractivity contribution is 5.61. The second-order valence-corrected chi connectivity index (χ2v) is 5.84. The Hall–Kier alpha value is -2.66. The van der Waals surface area contributed by atoms with E-state index in [0.29, 0.717) is 6.54 Å². The van der Waals surface area contributed by atoms with Crippen LogP contribution >= 0.6 is 0 Å². The van der Waals surface area contributed by atoms with Crippen molar-refractivity contribution in [2.75, 3.05) is 14.1 Å². The number of hydrogen-bond donors (Lipinski definition) is 1. The van der Waals surface area contributed by atoms with Gasteiger partial charge in [-0.25, -0.2) is 0 Å². The van der Waals surface area contributed by atoms with E-state index in [1.165, 1.54) is 0 Å². The zero-order valence-corrected chi connectivity index (χ0v) is 13.6. The summed E-state index contributed by atoms with van der Waals surface area (Å²) in [6.07, 6.45) is 0. The Morgan fingerprint density at radius 3 is 2.43 bits per heavy atom.